The molecule has 2 aliphatic heterocycles. The molecule has 0 aromatic heterocycles. The first-order valence-corrected chi connectivity index (χ1v) is 14.1. The van der Waals surface area contributed by atoms with E-state index >= 15 is 0 Å². The third kappa shape index (κ3) is 4.90. The molecule has 4 aromatic rings. The lowest BCUT2D eigenvalue weighted by Crippen LogP contribution is -2.44. The van der Waals surface area contributed by atoms with E-state index in [9.17, 15) is 19.2 Å². The second-order valence-corrected chi connectivity index (χ2v) is 10.7. The fourth-order valence-corrected chi connectivity index (χ4v) is 5.97. The normalized spacial score (nSPS) is 14.7. The molecular formula is C33H32N4O4. The van der Waals surface area contributed by atoms with Crippen molar-refractivity contribution in [2.75, 3.05) is 46.3 Å². The minimum Gasteiger partial charge on any atom is -0.315 e. The average Bonchev–Trinajstić information content (AvgIpc) is 2.99. The van der Waals surface area contributed by atoms with Gasteiger partial charge < -0.3 is 10.2 Å². The molecule has 0 fully saturated rings. The van der Waals surface area contributed by atoms with E-state index in [-0.39, 0.29) is 23.6 Å². The van der Waals surface area contributed by atoms with Crippen LogP contribution in [-0.2, 0) is 0 Å². The molecule has 0 unspecified atom stereocenters. The van der Waals surface area contributed by atoms with E-state index in [0.717, 1.165) is 47.6 Å². The van der Waals surface area contributed by atoms with Gasteiger partial charge in [0, 0.05) is 52.7 Å². The van der Waals surface area contributed by atoms with Gasteiger partial charge in [-0.05, 0) is 74.6 Å². The van der Waals surface area contributed by atoms with Crippen molar-refractivity contribution in [3.05, 3.63) is 95.1 Å². The highest BCUT2D eigenvalue weighted by Crippen LogP contribution is 2.31. The number of benzene rings is 4. The summed E-state index contributed by atoms with van der Waals surface area (Å²) in [5.41, 5.74) is 2.33. The van der Waals surface area contributed by atoms with Crippen LogP contribution >= 0.6 is 0 Å². The van der Waals surface area contributed by atoms with Crippen LogP contribution < -0.4 is 5.32 Å². The maximum atomic E-state index is 13.1. The third-order valence-electron chi connectivity index (χ3n) is 8.04. The summed E-state index contributed by atoms with van der Waals surface area (Å²) in [7, 11) is 2.03. The van der Waals surface area contributed by atoms with Gasteiger partial charge in [0.25, 0.3) is 23.6 Å². The van der Waals surface area contributed by atoms with E-state index in [1.54, 1.807) is 24.3 Å². The molecule has 0 spiro atoms. The van der Waals surface area contributed by atoms with E-state index in [4.69, 9.17) is 0 Å². The van der Waals surface area contributed by atoms with Crippen LogP contribution in [0.2, 0.25) is 0 Å². The van der Waals surface area contributed by atoms with Crippen molar-refractivity contribution in [3.8, 4) is 0 Å². The molecule has 4 aromatic carbocycles. The molecular weight excluding hydrogens is 516 g/mol. The fourth-order valence-electron chi connectivity index (χ4n) is 5.97. The van der Waals surface area contributed by atoms with Crippen molar-refractivity contribution in [1.82, 2.24) is 20.0 Å². The molecule has 2 aliphatic rings. The summed E-state index contributed by atoms with van der Waals surface area (Å²) in [6, 6.07) is 22.3. The Labute approximate surface area is 238 Å². The summed E-state index contributed by atoms with van der Waals surface area (Å²) >= 11 is 0. The Hall–Kier alpha value is -4.40. The number of carbonyl (C=O) groups is 4. The molecule has 0 saturated heterocycles. The lowest BCUT2D eigenvalue weighted by molar-refractivity contribution is 0.0592. The van der Waals surface area contributed by atoms with Crippen LogP contribution in [0.5, 0.6) is 0 Å². The first-order chi connectivity index (χ1) is 20.0. The lowest BCUT2D eigenvalue weighted by atomic mass is 9.94. The predicted octanol–water partition coefficient (Wildman–Crippen LogP) is 4.19. The van der Waals surface area contributed by atoms with Crippen molar-refractivity contribution in [2.24, 2.45) is 0 Å². The van der Waals surface area contributed by atoms with Crippen molar-refractivity contribution in [3.63, 3.8) is 0 Å². The van der Waals surface area contributed by atoms with E-state index < -0.39 is 0 Å². The standard InChI is InChI=1S/C33H32N4O4/c1-35(19-7-20-36-30(38)24-12-2-8-22-9-3-13-25(28(22)24)31(36)39)18-6-16-34-17-21-37-32(40)26-14-4-10-23-11-5-15-27(29(23)26)33(37)41/h2-5,8-15,34H,6-7,16-21H2,1H3. The Morgan fingerprint density at radius 1 is 0.561 bits per heavy atom. The van der Waals surface area contributed by atoms with E-state index in [1.165, 1.54) is 9.80 Å². The number of carbonyl (C=O) groups excluding carboxylic acids is 4. The highest BCUT2D eigenvalue weighted by atomic mass is 16.2. The minimum atomic E-state index is -0.244. The zero-order valence-electron chi connectivity index (χ0n) is 23.1. The Morgan fingerprint density at radius 3 is 1.44 bits per heavy atom. The van der Waals surface area contributed by atoms with E-state index in [2.05, 4.69) is 10.2 Å². The molecule has 4 amide bonds. The van der Waals surface area contributed by atoms with Crippen LogP contribution in [0.1, 0.15) is 54.3 Å². The van der Waals surface area contributed by atoms with Gasteiger partial charge in [0.1, 0.15) is 0 Å². The predicted molar refractivity (Wildman–Crippen MR) is 158 cm³/mol. The highest BCUT2D eigenvalue weighted by molar-refractivity contribution is 6.26. The smallest absolute Gasteiger partial charge is 0.261 e. The van der Waals surface area contributed by atoms with Crippen LogP contribution in [0.3, 0.4) is 0 Å². The first-order valence-electron chi connectivity index (χ1n) is 14.1. The molecule has 0 saturated carbocycles. The van der Waals surface area contributed by atoms with E-state index in [0.29, 0.717) is 48.3 Å². The van der Waals surface area contributed by atoms with Gasteiger partial charge in [0.2, 0.25) is 0 Å². The molecule has 41 heavy (non-hydrogen) atoms. The van der Waals surface area contributed by atoms with Crippen LogP contribution in [0.4, 0.5) is 0 Å². The Morgan fingerprint density at radius 2 is 0.976 bits per heavy atom. The first kappa shape index (κ1) is 26.8. The quantitative estimate of drug-likeness (QED) is 0.223. The summed E-state index contributed by atoms with van der Waals surface area (Å²) in [5, 5.41) is 6.65. The van der Waals surface area contributed by atoms with Gasteiger partial charge in [-0.25, -0.2) is 0 Å². The third-order valence-corrected chi connectivity index (χ3v) is 8.04. The number of imide groups is 2. The molecule has 0 bridgehead atoms. The molecule has 8 heteroatoms. The van der Waals surface area contributed by atoms with Gasteiger partial charge in [-0.3, -0.25) is 29.0 Å². The molecule has 8 nitrogen and oxygen atoms in total. The molecule has 1 N–H and O–H groups in total. The van der Waals surface area contributed by atoms with Crippen molar-refractivity contribution >= 4 is 45.2 Å². The monoisotopic (exact) mass is 548 g/mol. The zero-order chi connectivity index (χ0) is 28.5. The number of hydrogen-bond donors (Lipinski definition) is 1. The van der Waals surface area contributed by atoms with E-state index in [1.807, 2.05) is 55.6 Å². The zero-order valence-corrected chi connectivity index (χ0v) is 23.1. The Kier molecular flexibility index (Phi) is 7.34. The number of nitrogens with zero attached hydrogens (tertiary/aromatic N) is 3. The van der Waals surface area contributed by atoms with Crippen LogP contribution in [-0.4, -0.2) is 84.6 Å². The molecule has 6 rings (SSSR count). The number of rotatable bonds is 11. The van der Waals surface area contributed by atoms with Gasteiger partial charge in [-0.1, -0.05) is 48.5 Å². The van der Waals surface area contributed by atoms with Gasteiger partial charge in [-0.15, -0.1) is 0 Å². The van der Waals surface area contributed by atoms with Crippen molar-refractivity contribution in [2.45, 2.75) is 12.8 Å². The molecule has 208 valence electrons. The number of nitrogens with one attached hydrogen (secondary N) is 1. The average molecular weight is 549 g/mol. The largest absolute Gasteiger partial charge is 0.315 e. The van der Waals surface area contributed by atoms with Gasteiger partial charge in [0.15, 0.2) is 0 Å². The van der Waals surface area contributed by atoms with Crippen LogP contribution in [0.15, 0.2) is 72.8 Å². The summed E-state index contributed by atoms with van der Waals surface area (Å²) in [4.78, 5) is 57.0. The van der Waals surface area contributed by atoms with Gasteiger partial charge in [0.05, 0.1) is 0 Å². The van der Waals surface area contributed by atoms with Crippen LogP contribution in [0.25, 0.3) is 21.5 Å². The SMILES string of the molecule is CN(CCCNCCN1C(=O)c2cccc3cccc(c23)C1=O)CCCN1C(=O)c2cccc3cccc(c23)C1=O. The van der Waals surface area contributed by atoms with Gasteiger partial charge >= 0.3 is 0 Å². The molecule has 0 radical (unpaired) electrons. The van der Waals surface area contributed by atoms with Gasteiger partial charge in [-0.2, -0.15) is 0 Å². The van der Waals surface area contributed by atoms with Crippen LogP contribution in [0, 0.1) is 0 Å². The Balaban J connectivity index is 0.929. The second-order valence-electron chi connectivity index (χ2n) is 10.7. The Bertz CT molecular complexity index is 1600. The second kappa shape index (κ2) is 11.2. The fraction of sp³-hybridized carbons (Fsp3) is 0.273. The topological polar surface area (TPSA) is 90.0 Å². The number of amides is 4. The highest BCUT2D eigenvalue weighted by Gasteiger charge is 2.33. The van der Waals surface area contributed by atoms with Crippen molar-refractivity contribution in [1.29, 1.82) is 0 Å². The summed E-state index contributed by atoms with van der Waals surface area (Å²) in [6.07, 6.45) is 1.57. The maximum absolute atomic E-state index is 13.1. The summed E-state index contributed by atoms with van der Waals surface area (Å²) in [6.45, 7) is 3.55. The maximum Gasteiger partial charge on any atom is 0.261 e. The molecule has 2 heterocycles. The molecule has 0 aliphatic carbocycles. The molecule has 0 atom stereocenters. The number of hydrogen-bond acceptors (Lipinski definition) is 6. The lowest BCUT2D eigenvalue weighted by Gasteiger charge is -2.28. The summed E-state index contributed by atoms with van der Waals surface area (Å²) < 4.78 is 0. The minimum absolute atomic E-state index is 0.225. The summed E-state index contributed by atoms with van der Waals surface area (Å²) in [5.74, 6) is -0.938. The van der Waals surface area contributed by atoms with Crippen molar-refractivity contribution < 1.29 is 19.2 Å².